The molecule has 1 aromatic carbocycles. The highest BCUT2D eigenvalue weighted by Gasteiger charge is 2.23. The van der Waals surface area contributed by atoms with Gasteiger partial charge in [0.15, 0.2) is 0 Å². The molecule has 5 nitrogen and oxygen atoms in total. The minimum Gasteiger partial charge on any atom is -0.497 e. The van der Waals surface area contributed by atoms with Crippen LogP contribution in [0.4, 0.5) is 0 Å². The third kappa shape index (κ3) is 6.96. The molecular formula is C21H35N3O2. The standard InChI is InChI=1S/C21H35N3O2/c1-17(2)15-19(24-13-11-23(3)12-14-24)16-22-21(25)10-7-18-5-8-20(26-4)9-6-18/h5-6,8-9,17,19H,7,10-16H2,1-4H3,(H,22,25). The number of nitrogens with one attached hydrogen (secondary N) is 1. The van der Waals surface area contributed by atoms with Gasteiger partial charge in [0.1, 0.15) is 5.75 Å². The Morgan fingerprint density at radius 1 is 1.15 bits per heavy atom. The Labute approximate surface area is 158 Å². The van der Waals surface area contributed by atoms with Gasteiger partial charge in [-0.3, -0.25) is 9.69 Å². The van der Waals surface area contributed by atoms with E-state index >= 15 is 0 Å². The molecular weight excluding hydrogens is 326 g/mol. The minimum atomic E-state index is 0.142. The van der Waals surface area contributed by atoms with Crippen LogP contribution in [0.15, 0.2) is 24.3 Å². The van der Waals surface area contributed by atoms with Crippen molar-refractivity contribution in [3.05, 3.63) is 29.8 Å². The molecule has 0 aromatic heterocycles. The van der Waals surface area contributed by atoms with Crippen molar-refractivity contribution < 1.29 is 9.53 Å². The fraction of sp³-hybridized carbons (Fsp3) is 0.667. The number of hydrogen-bond donors (Lipinski definition) is 1. The molecule has 0 saturated carbocycles. The van der Waals surface area contributed by atoms with E-state index in [1.807, 2.05) is 24.3 Å². The van der Waals surface area contributed by atoms with Crippen molar-refractivity contribution in [1.82, 2.24) is 15.1 Å². The van der Waals surface area contributed by atoms with E-state index in [0.29, 0.717) is 18.4 Å². The van der Waals surface area contributed by atoms with Crippen LogP contribution in [0, 0.1) is 5.92 Å². The number of methoxy groups -OCH3 is 1. The van der Waals surface area contributed by atoms with Crippen molar-refractivity contribution in [3.63, 3.8) is 0 Å². The van der Waals surface area contributed by atoms with E-state index in [1.165, 1.54) is 5.56 Å². The average Bonchev–Trinajstić information content (AvgIpc) is 2.64. The quantitative estimate of drug-likeness (QED) is 0.734. The lowest BCUT2D eigenvalue weighted by Gasteiger charge is -2.38. The number of likely N-dealkylation sites (N-methyl/N-ethyl adjacent to an activating group) is 1. The summed E-state index contributed by atoms with van der Waals surface area (Å²) in [6.07, 6.45) is 2.42. The van der Waals surface area contributed by atoms with Crippen molar-refractivity contribution in [3.8, 4) is 5.75 Å². The van der Waals surface area contributed by atoms with Crippen molar-refractivity contribution in [1.29, 1.82) is 0 Å². The number of aryl methyl sites for hydroxylation is 1. The van der Waals surface area contributed by atoms with Gasteiger partial charge >= 0.3 is 0 Å². The number of nitrogens with zero attached hydrogens (tertiary/aromatic N) is 2. The largest absolute Gasteiger partial charge is 0.497 e. The van der Waals surface area contributed by atoms with Crippen LogP contribution >= 0.6 is 0 Å². The fourth-order valence-electron chi connectivity index (χ4n) is 3.46. The van der Waals surface area contributed by atoms with Crippen LogP contribution in [-0.4, -0.2) is 68.6 Å². The summed E-state index contributed by atoms with van der Waals surface area (Å²) in [6.45, 7) is 9.68. The molecule has 1 saturated heterocycles. The first-order valence-corrected chi connectivity index (χ1v) is 9.80. The first-order chi connectivity index (χ1) is 12.5. The molecule has 1 fully saturated rings. The van der Waals surface area contributed by atoms with Gasteiger partial charge in [0.2, 0.25) is 5.91 Å². The van der Waals surface area contributed by atoms with E-state index < -0.39 is 0 Å². The molecule has 0 spiro atoms. The molecule has 1 heterocycles. The smallest absolute Gasteiger partial charge is 0.220 e. The molecule has 5 heteroatoms. The molecule has 0 bridgehead atoms. The van der Waals surface area contributed by atoms with Crippen LogP contribution in [0.2, 0.25) is 0 Å². The second-order valence-corrected chi connectivity index (χ2v) is 7.77. The molecule has 1 amide bonds. The van der Waals surface area contributed by atoms with E-state index in [9.17, 15) is 4.79 Å². The molecule has 1 aliphatic rings. The van der Waals surface area contributed by atoms with Gasteiger partial charge in [-0.25, -0.2) is 0 Å². The summed E-state index contributed by atoms with van der Waals surface area (Å²) < 4.78 is 5.17. The van der Waals surface area contributed by atoms with Gasteiger partial charge in [0, 0.05) is 45.2 Å². The number of piperazine rings is 1. The maximum absolute atomic E-state index is 12.3. The van der Waals surface area contributed by atoms with Gasteiger partial charge in [-0.1, -0.05) is 26.0 Å². The van der Waals surface area contributed by atoms with Crippen molar-refractivity contribution >= 4 is 5.91 Å². The minimum absolute atomic E-state index is 0.142. The van der Waals surface area contributed by atoms with Crippen LogP contribution in [0.25, 0.3) is 0 Å². The second kappa shape index (κ2) is 10.5. The number of hydrogen-bond acceptors (Lipinski definition) is 4. The van der Waals surface area contributed by atoms with Crippen LogP contribution in [-0.2, 0) is 11.2 Å². The molecule has 1 atom stereocenters. The van der Waals surface area contributed by atoms with Crippen molar-refractivity contribution in [2.75, 3.05) is 46.9 Å². The maximum atomic E-state index is 12.3. The molecule has 146 valence electrons. The van der Waals surface area contributed by atoms with Crippen LogP contribution in [0.1, 0.15) is 32.3 Å². The van der Waals surface area contributed by atoms with Crippen LogP contribution in [0.3, 0.4) is 0 Å². The Hall–Kier alpha value is -1.59. The highest BCUT2D eigenvalue weighted by atomic mass is 16.5. The summed E-state index contributed by atoms with van der Waals surface area (Å²) in [5.74, 6) is 1.63. The molecule has 26 heavy (non-hydrogen) atoms. The first-order valence-electron chi connectivity index (χ1n) is 9.80. The molecule has 1 N–H and O–H groups in total. The van der Waals surface area contributed by atoms with Gasteiger partial charge in [-0.05, 0) is 43.5 Å². The molecule has 1 unspecified atom stereocenters. The molecule has 1 aromatic rings. The number of benzene rings is 1. The Morgan fingerprint density at radius 3 is 2.38 bits per heavy atom. The third-order valence-electron chi connectivity index (χ3n) is 5.13. The summed E-state index contributed by atoms with van der Waals surface area (Å²) in [6, 6.07) is 8.38. The van der Waals surface area contributed by atoms with E-state index in [2.05, 4.69) is 36.0 Å². The van der Waals surface area contributed by atoms with E-state index in [4.69, 9.17) is 4.74 Å². The molecule has 0 radical (unpaired) electrons. The lowest BCUT2D eigenvalue weighted by Crippen LogP contribution is -2.52. The number of carbonyl (C=O) groups is 1. The zero-order chi connectivity index (χ0) is 18.9. The van der Waals surface area contributed by atoms with E-state index in [0.717, 1.165) is 51.3 Å². The number of ether oxygens (including phenoxy) is 1. The first kappa shape index (κ1) is 20.7. The van der Waals surface area contributed by atoms with Gasteiger partial charge in [-0.15, -0.1) is 0 Å². The summed E-state index contributed by atoms with van der Waals surface area (Å²) in [5, 5.41) is 3.17. The SMILES string of the molecule is COc1ccc(CCC(=O)NCC(CC(C)C)N2CCN(C)CC2)cc1. The van der Waals surface area contributed by atoms with E-state index in [-0.39, 0.29) is 5.91 Å². The predicted octanol–water partition coefficient (Wildman–Crippen LogP) is 2.41. The summed E-state index contributed by atoms with van der Waals surface area (Å²) >= 11 is 0. The fourth-order valence-corrected chi connectivity index (χ4v) is 3.46. The average molecular weight is 362 g/mol. The number of amides is 1. The van der Waals surface area contributed by atoms with Gasteiger partial charge in [-0.2, -0.15) is 0 Å². The second-order valence-electron chi connectivity index (χ2n) is 7.77. The summed E-state index contributed by atoms with van der Waals surface area (Å²) in [7, 11) is 3.84. The zero-order valence-corrected chi connectivity index (χ0v) is 16.8. The lowest BCUT2D eigenvalue weighted by molar-refractivity contribution is -0.121. The van der Waals surface area contributed by atoms with Crippen molar-refractivity contribution in [2.24, 2.45) is 5.92 Å². The van der Waals surface area contributed by atoms with Gasteiger partial charge in [0.05, 0.1) is 7.11 Å². The Morgan fingerprint density at radius 2 is 1.81 bits per heavy atom. The van der Waals surface area contributed by atoms with Crippen molar-refractivity contribution in [2.45, 2.75) is 39.2 Å². The van der Waals surface area contributed by atoms with Gasteiger partial charge < -0.3 is 15.0 Å². The highest BCUT2D eigenvalue weighted by Crippen LogP contribution is 2.14. The van der Waals surface area contributed by atoms with Crippen LogP contribution in [0.5, 0.6) is 5.75 Å². The monoisotopic (exact) mass is 361 g/mol. The maximum Gasteiger partial charge on any atom is 0.220 e. The Balaban J connectivity index is 1.77. The summed E-state index contributed by atoms with van der Waals surface area (Å²) in [5.41, 5.74) is 1.17. The molecule has 0 aliphatic carbocycles. The Bertz CT molecular complexity index is 537. The molecule has 2 rings (SSSR count). The van der Waals surface area contributed by atoms with Gasteiger partial charge in [0.25, 0.3) is 0 Å². The third-order valence-corrected chi connectivity index (χ3v) is 5.13. The Kier molecular flexibility index (Phi) is 8.39. The predicted molar refractivity (Wildman–Crippen MR) is 107 cm³/mol. The normalized spacial score (nSPS) is 17.3. The number of carbonyl (C=O) groups excluding carboxylic acids is 1. The summed E-state index contributed by atoms with van der Waals surface area (Å²) in [4.78, 5) is 17.2. The zero-order valence-electron chi connectivity index (χ0n) is 16.8. The van der Waals surface area contributed by atoms with E-state index in [1.54, 1.807) is 7.11 Å². The topological polar surface area (TPSA) is 44.8 Å². The van der Waals surface area contributed by atoms with Crippen LogP contribution < -0.4 is 10.1 Å². The highest BCUT2D eigenvalue weighted by molar-refractivity contribution is 5.76. The lowest BCUT2D eigenvalue weighted by atomic mass is 10.0. The number of rotatable bonds is 9. The molecule has 1 aliphatic heterocycles.